The van der Waals surface area contributed by atoms with E-state index in [1.807, 2.05) is 0 Å². The topological polar surface area (TPSA) is 32.8 Å². The molecule has 1 aromatic carbocycles. The van der Waals surface area contributed by atoms with Crippen LogP contribution in [0, 0.1) is 0 Å². The van der Waals surface area contributed by atoms with E-state index < -0.39 is 17.6 Å². The van der Waals surface area contributed by atoms with Crippen LogP contribution in [0.2, 0.25) is 0 Å². The number of carbonyl (C=O) groups is 1. The fourth-order valence-electron chi connectivity index (χ4n) is 3.30. The summed E-state index contributed by atoms with van der Waals surface area (Å²) >= 11 is 0. The third-order valence-electron chi connectivity index (χ3n) is 4.49. The summed E-state index contributed by atoms with van der Waals surface area (Å²) in [5.41, 5.74) is -0.847. The van der Waals surface area contributed by atoms with Gasteiger partial charge in [0.2, 0.25) is 0 Å². The molecule has 2 unspecified atom stereocenters. The first kappa shape index (κ1) is 16.1. The van der Waals surface area contributed by atoms with Crippen molar-refractivity contribution in [3.05, 3.63) is 29.3 Å². The van der Waals surface area contributed by atoms with Gasteiger partial charge >= 0.3 is 6.18 Å². The predicted molar refractivity (Wildman–Crippen MR) is 78.5 cm³/mol. The van der Waals surface area contributed by atoms with Gasteiger partial charge in [0.15, 0.2) is 0 Å². The van der Waals surface area contributed by atoms with E-state index in [4.69, 9.17) is 4.74 Å². The average Bonchev–Trinajstić information content (AvgIpc) is 2.84. The van der Waals surface area contributed by atoms with Crippen LogP contribution in [0.5, 0.6) is 5.75 Å². The van der Waals surface area contributed by atoms with E-state index in [-0.39, 0.29) is 23.5 Å². The molecule has 0 saturated carbocycles. The maximum Gasteiger partial charge on any atom is 0.416 e. The zero-order chi connectivity index (χ0) is 16.8. The van der Waals surface area contributed by atoms with Gasteiger partial charge in [-0.3, -0.25) is 9.69 Å². The molecule has 23 heavy (non-hydrogen) atoms. The van der Waals surface area contributed by atoms with E-state index in [0.717, 1.165) is 25.1 Å². The molecule has 3 rings (SSSR count). The molecule has 0 N–H and O–H groups in total. The van der Waals surface area contributed by atoms with Gasteiger partial charge in [-0.15, -0.1) is 0 Å². The molecule has 4 nitrogen and oxygen atoms in total. The highest BCUT2D eigenvalue weighted by Crippen LogP contribution is 2.36. The van der Waals surface area contributed by atoms with Gasteiger partial charge in [0, 0.05) is 20.1 Å². The van der Waals surface area contributed by atoms with E-state index in [1.165, 1.54) is 11.0 Å². The Hall–Kier alpha value is -1.76. The summed E-state index contributed by atoms with van der Waals surface area (Å²) in [6.45, 7) is 4.35. The molecule has 1 aromatic rings. The fourth-order valence-corrected chi connectivity index (χ4v) is 3.30. The van der Waals surface area contributed by atoms with Crippen LogP contribution in [-0.4, -0.2) is 54.5 Å². The van der Waals surface area contributed by atoms with E-state index in [2.05, 4.69) is 11.8 Å². The Morgan fingerprint density at radius 2 is 2.04 bits per heavy atom. The third-order valence-corrected chi connectivity index (χ3v) is 4.49. The Morgan fingerprint density at radius 3 is 2.70 bits per heavy atom. The number of benzene rings is 1. The van der Waals surface area contributed by atoms with E-state index in [0.29, 0.717) is 13.1 Å². The van der Waals surface area contributed by atoms with Crippen LogP contribution < -0.4 is 4.74 Å². The minimum Gasteiger partial charge on any atom is -0.486 e. The molecule has 0 radical (unpaired) electrons. The van der Waals surface area contributed by atoms with Crippen molar-refractivity contribution in [3.63, 3.8) is 0 Å². The number of likely N-dealkylation sites (tertiary alicyclic amines) is 1. The third kappa shape index (κ3) is 2.89. The molecular weight excluding hydrogens is 309 g/mol. The van der Waals surface area contributed by atoms with Crippen LogP contribution >= 0.6 is 0 Å². The van der Waals surface area contributed by atoms with Crippen molar-refractivity contribution in [2.75, 3.05) is 26.7 Å². The van der Waals surface area contributed by atoms with Crippen LogP contribution in [0.1, 0.15) is 29.3 Å². The van der Waals surface area contributed by atoms with E-state index in [1.54, 1.807) is 7.05 Å². The molecule has 126 valence electrons. The van der Waals surface area contributed by atoms with Crippen molar-refractivity contribution >= 4 is 5.91 Å². The summed E-state index contributed by atoms with van der Waals surface area (Å²) < 4.78 is 44.5. The highest BCUT2D eigenvalue weighted by atomic mass is 19.4. The highest BCUT2D eigenvalue weighted by molar-refractivity contribution is 5.97. The number of fused-ring (bicyclic) bond motifs is 2. The number of ether oxygens (including phenoxy) is 1. The Labute approximate surface area is 132 Å². The van der Waals surface area contributed by atoms with Gasteiger partial charge in [-0.2, -0.15) is 13.2 Å². The Morgan fingerprint density at radius 1 is 1.30 bits per heavy atom. The van der Waals surface area contributed by atoms with Gasteiger partial charge in [0.1, 0.15) is 11.9 Å². The van der Waals surface area contributed by atoms with Crippen LogP contribution in [0.4, 0.5) is 13.2 Å². The number of likely N-dealkylation sites (N-methyl/N-ethyl adjacent to an activating group) is 1. The number of rotatable bonds is 2. The Kier molecular flexibility index (Phi) is 4.00. The molecular formula is C16H19F3N2O2. The minimum absolute atomic E-state index is 0.0150. The van der Waals surface area contributed by atoms with Crippen molar-refractivity contribution in [3.8, 4) is 5.75 Å². The number of hydrogen-bond acceptors (Lipinski definition) is 3. The summed E-state index contributed by atoms with van der Waals surface area (Å²) in [5, 5.41) is 0. The van der Waals surface area contributed by atoms with Gasteiger partial charge in [-0.05, 0) is 31.2 Å². The highest BCUT2D eigenvalue weighted by Gasteiger charge is 2.42. The summed E-state index contributed by atoms with van der Waals surface area (Å²) in [6, 6.07) is 2.97. The summed E-state index contributed by atoms with van der Waals surface area (Å²) in [6.07, 6.45) is -3.69. The molecule has 1 amide bonds. The number of carbonyl (C=O) groups excluding carboxylic acids is 1. The first-order valence-corrected chi connectivity index (χ1v) is 7.68. The van der Waals surface area contributed by atoms with Crippen molar-refractivity contribution < 1.29 is 22.7 Å². The molecule has 2 heterocycles. The second kappa shape index (κ2) is 5.70. The molecule has 0 aliphatic carbocycles. The second-order valence-electron chi connectivity index (χ2n) is 6.11. The Bertz CT molecular complexity index is 618. The smallest absolute Gasteiger partial charge is 0.416 e. The van der Waals surface area contributed by atoms with Crippen LogP contribution in [0.15, 0.2) is 18.2 Å². The quantitative estimate of drug-likeness (QED) is 0.837. The van der Waals surface area contributed by atoms with E-state index >= 15 is 0 Å². The molecule has 1 fully saturated rings. The maximum atomic E-state index is 12.9. The summed E-state index contributed by atoms with van der Waals surface area (Å²) in [5.74, 6) is -0.183. The summed E-state index contributed by atoms with van der Waals surface area (Å²) in [7, 11) is 1.63. The lowest BCUT2D eigenvalue weighted by atomic mass is 10.1. The first-order chi connectivity index (χ1) is 10.8. The normalized spacial score (nSPS) is 24.9. The van der Waals surface area contributed by atoms with Gasteiger partial charge in [0.25, 0.3) is 5.91 Å². The Balaban J connectivity index is 1.94. The number of halogens is 3. The van der Waals surface area contributed by atoms with Crippen LogP contribution in [-0.2, 0) is 6.18 Å². The largest absolute Gasteiger partial charge is 0.486 e. The molecule has 2 aliphatic rings. The van der Waals surface area contributed by atoms with Gasteiger partial charge in [-0.1, -0.05) is 6.92 Å². The van der Waals surface area contributed by atoms with E-state index in [9.17, 15) is 18.0 Å². The fraction of sp³-hybridized carbons (Fsp3) is 0.562. The van der Waals surface area contributed by atoms with Gasteiger partial charge in [0.05, 0.1) is 17.2 Å². The average molecular weight is 328 g/mol. The van der Waals surface area contributed by atoms with Crippen molar-refractivity contribution in [1.82, 2.24) is 9.80 Å². The molecule has 2 aliphatic heterocycles. The number of nitrogens with zero attached hydrogens (tertiary/aromatic N) is 2. The van der Waals surface area contributed by atoms with Crippen LogP contribution in [0.3, 0.4) is 0 Å². The lowest BCUT2D eigenvalue weighted by Crippen LogP contribution is -2.44. The maximum absolute atomic E-state index is 12.9. The number of amides is 1. The zero-order valence-corrected chi connectivity index (χ0v) is 13.1. The van der Waals surface area contributed by atoms with Crippen molar-refractivity contribution in [2.24, 2.45) is 0 Å². The monoisotopic (exact) mass is 328 g/mol. The minimum atomic E-state index is -4.48. The number of alkyl halides is 3. The van der Waals surface area contributed by atoms with Crippen molar-refractivity contribution in [1.29, 1.82) is 0 Å². The molecule has 2 atom stereocenters. The SMILES string of the molecule is CCCN1CC2Oc3ccc(C(F)(F)F)cc3C(=O)N(C)C2C1. The lowest BCUT2D eigenvalue weighted by molar-refractivity contribution is -0.137. The number of hydrogen-bond donors (Lipinski definition) is 0. The molecule has 7 heteroatoms. The first-order valence-electron chi connectivity index (χ1n) is 7.68. The zero-order valence-electron chi connectivity index (χ0n) is 13.1. The standard InChI is InChI=1S/C16H19F3N2O2/c1-3-6-21-8-12-14(9-21)23-13-5-4-10(16(17,18)19)7-11(13)15(22)20(12)2/h4-5,7,12,14H,3,6,8-9H2,1-2H3. The molecule has 0 spiro atoms. The van der Waals surface area contributed by atoms with Crippen molar-refractivity contribution in [2.45, 2.75) is 31.7 Å². The van der Waals surface area contributed by atoms with Gasteiger partial charge in [-0.25, -0.2) is 0 Å². The molecule has 0 aromatic heterocycles. The molecule has 0 bridgehead atoms. The molecule has 1 saturated heterocycles. The second-order valence-corrected chi connectivity index (χ2v) is 6.11. The van der Waals surface area contributed by atoms with Crippen LogP contribution in [0.25, 0.3) is 0 Å². The lowest BCUT2D eigenvalue weighted by Gasteiger charge is -2.25. The predicted octanol–water partition coefficient (Wildman–Crippen LogP) is 2.63. The van der Waals surface area contributed by atoms with Gasteiger partial charge < -0.3 is 9.64 Å². The summed E-state index contributed by atoms with van der Waals surface area (Å²) in [4.78, 5) is 16.3.